The molecule has 0 unspecified atom stereocenters. The lowest BCUT2D eigenvalue weighted by atomic mass is 10.2. The van der Waals surface area contributed by atoms with Crippen molar-refractivity contribution in [2.45, 2.75) is 13.8 Å². The van der Waals surface area contributed by atoms with E-state index in [0.29, 0.717) is 5.92 Å². The Bertz CT molecular complexity index is 277. The van der Waals surface area contributed by atoms with Gasteiger partial charge in [0.05, 0.1) is 0 Å². The Morgan fingerprint density at radius 3 is 2.50 bits per heavy atom. The average Bonchev–Trinajstić information content (AvgIpc) is 2.26. The summed E-state index contributed by atoms with van der Waals surface area (Å²) in [6.45, 7) is 8.73. The maximum atomic E-state index is 11.5. The molecular weight excluding hydrogens is 206 g/mol. The van der Waals surface area contributed by atoms with E-state index in [2.05, 4.69) is 28.8 Å². The molecule has 90 valence electrons. The van der Waals surface area contributed by atoms with Crippen molar-refractivity contribution in [3.63, 3.8) is 0 Å². The molecule has 0 aromatic rings. The molecule has 0 spiro atoms. The van der Waals surface area contributed by atoms with E-state index in [4.69, 9.17) is 5.53 Å². The molecule has 1 fully saturated rings. The maximum Gasteiger partial charge on any atom is 0.228 e. The molecule has 1 amide bonds. The highest BCUT2D eigenvalue weighted by Gasteiger charge is 2.20. The molecule has 0 bridgehead atoms. The van der Waals surface area contributed by atoms with Gasteiger partial charge in [-0.2, -0.15) is 0 Å². The quantitative estimate of drug-likeness (QED) is 0.408. The van der Waals surface area contributed by atoms with Gasteiger partial charge in [-0.3, -0.25) is 9.69 Å². The number of nitrogens with zero attached hydrogens (tertiary/aromatic N) is 5. The van der Waals surface area contributed by atoms with E-state index in [9.17, 15) is 4.79 Å². The first kappa shape index (κ1) is 12.8. The fraction of sp³-hybridized carbons (Fsp3) is 0.900. The van der Waals surface area contributed by atoms with Gasteiger partial charge < -0.3 is 4.90 Å². The van der Waals surface area contributed by atoms with Crippen molar-refractivity contribution < 1.29 is 4.79 Å². The molecule has 1 aliphatic heterocycles. The van der Waals surface area contributed by atoms with Crippen LogP contribution in [0.3, 0.4) is 0 Å². The third-order valence-electron chi connectivity index (χ3n) is 2.62. The Hall–Kier alpha value is -1.26. The fourth-order valence-corrected chi connectivity index (χ4v) is 1.89. The van der Waals surface area contributed by atoms with Gasteiger partial charge in [0.25, 0.3) is 0 Å². The van der Waals surface area contributed by atoms with Gasteiger partial charge in [-0.05, 0) is 11.4 Å². The molecule has 1 heterocycles. The molecule has 0 aromatic heterocycles. The zero-order valence-corrected chi connectivity index (χ0v) is 9.96. The van der Waals surface area contributed by atoms with Gasteiger partial charge in [0.1, 0.15) is 6.54 Å². The lowest BCUT2D eigenvalue weighted by molar-refractivity contribution is -0.131. The number of piperazine rings is 1. The second-order valence-corrected chi connectivity index (χ2v) is 4.46. The zero-order valence-electron chi connectivity index (χ0n) is 9.96. The van der Waals surface area contributed by atoms with Gasteiger partial charge in [0.15, 0.2) is 0 Å². The first-order valence-electron chi connectivity index (χ1n) is 5.64. The molecule has 0 atom stereocenters. The molecule has 0 saturated carbocycles. The fourth-order valence-electron chi connectivity index (χ4n) is 1.89. The van der Waals surface area contributed by atoms with Gasteiger partial charge in [0, 0.05) is 37.6 Å². The Morgan fingerprint density at radius 2 is 2.00 bits per heavy atom. The molecule has 0 aliphatic carbocycles. The van der Waals surface area contributed by atoms with Crippen molar-refractivity contribution in [1.82, 2.24) is 9.80 Å². The minimum Gasteiger partial charge on any atom is -0.340 e. The van der Waals surface area contributed by atoms with Crippen molar-refractivity contribution in [1.29, 1.82) is 0 Å². The molecule has 1 aliphatic rings. The summed E-state index contributed by atoms with van der Waals surface area (Å²) in [6.07, 6.45) is 0. The molecule has 6 nitrogen and oxygen atoms in total. The second kappa shape index (κ2) is 6.35. The molecule has 0 radical (unpaired) electrons. The number of carbonyl (C=O) groups is 1. The summed E-state index contributed by atoms with van der Waals surface area (Å²) in [5.74, 6) is 0.590. The van der Waals surface area contributed by atoms with Gasteiger partial charge in [-0.15, -0.1) is 0 Å². The monoisotopic (exact) mass is 225 g/mol. The number of azide groups is 1. The Kier molecular flexibility index (Phi) is 5.08. The van der Waals surface area contributed by atoms with Crippen LogP contribution >= 0.6 is 0 Å². The first-order valence-corrected chi connectivity index (χ1v) is 5.64. The molecule has 1 saturated heterocycles. The number of hydrogen-bond acceptors (Lipinski definition) is 3. The van der Waals surface area contributed by atoms with E-state index in [1.165, 1.54) is 0 Å². The summed E-state index contributed by atoms with van der Waals surface area (Å²) in [7, 11) is 0. The van der Waals surface area contributed by atoms with Crippen LogP contribution in [0.2, 0.25) is 0 Å². The van der Waals surface area contributed by atoms with E-state index in [0.717, 1.165) is 32.7 Å². The highest BCUT2D eigenvalue weighted by molar-refractivity contribution is 5.78. The summed E-state index contributed by atoms with van der Waals surface area (Å²) in [5.41, 5.74) is 8.13. The van der Waals surface area contributed by atoms with Gasteiger partial charge in [-0.1, -0.05) is 19.0 Å². The van der Waals surface area contributed by atoms with E-state index in [-0.39, 0.29) is 12.5 Å². The minimum atomic E-state index is -0.0676. The lowest BCUT2D eigenvalue weighted by Gasteiger charge is -2.35. The van der Waals surface area contributed by atoms with E-state index < -0.39 is 0 Å². The maximum absolute atomic E-state index is 11.5. The van der Waals surface area contributed by atoms with Crippen molar-refractivity contribution in [3.8, 4) is 0 Å². The van der Waals surface area contributed by atoms with Gasteiger partial charge in [-0.25, -0.2) is 0 Å². The predicted octanol–water partition coefficient (Wildman–Crippen LogP) is 1.10. The number of amides is 1. The van der Waals surface area contributed by atoms with Gasteiger partial charge >= 0.3 is 0 Å². The SMILES string of the molecule is CC(C)CN1CCN(C(=O)CN=[N+]=[N-])CC1. The average molecular weight is 225 g/mol. The van der Waals surface area contributed by atoms with Crippen LogP contribution in [0, 0.1) is 5.92 Å². The summed E-state index contributed by atoms with van der Waals surface area (Å²) in [4.78, 5) is 18.3. The minimum absolute atomic E-state index is 0.0549. The third kappa shape index (κ3) is 4.08. The third-order valence-corrected chi connectivity index (χ3v) is 2.62. The summed E-state index contributed by atoms with van der Waals surface area (Å²) >= 11 is 0. The van der Waals surface area contributed by atoms with Crippen LogP contribution in [0.1, 0.15) is 13.8 Å². The summed E-state index contributed by atoms with van der Waals surface area (Å²) in [5, 5.41) is 3.29. The van der Waals surface area contributed by atoms with Crippen LogP contribution < -0.4 is 0 Å². The molecule has 1 rings (SSSR count). The Labute approximate surface area is 95.8 Å². The van der Waals surface area contributed by atoms with Crippen LogP contribution in [0.4, 0.5) is 0 Å². The van der Waals surface area contributed by atoms with Crippen molar-refractivity contribution >= 4 is 5.91 Å². The lowest BCUT2D eigenvalue weighted by Crippen LogP contribution is -2.50. The van der Waals surface area contributed by atoms with Crippen LogP contribution in [0.5, 0.6) is 0 Å². The van der Waals surface area contributed by atoms with E-state index in [1.54, 1.807) is 4.90 Å². The van der Waals surface area contributed by atoms with Crippen LogP contribution in [-0.4, -0.2) is 55.0 Å². The van der Waals surface area contributed by atoms with Crippen LogP contribution in [0.25, 0.3) is 10.4 Å². The number of carbonyl (C=O) groups excluding carboxylic acids is 1. The van der Waals surface area contributed by atoms with Crippen molar-refractivity contribution in [2.24, 2.45) is 11.0 Å². The number of hydrogen-bond donors (Lipinski definition) is 0. The largest absolute Gasteiger partial charge is 0.340 e. The normalized spacial score (nSPS) is 17.3. The molecule has 6 heteroatoms. The number of rotatable bonds is 4. The molecule has 0 aromatic carbocycles. The smallest absolute Gasteiger partial charge is 0.228 e. The molecular formula is C10H19N5O. The highest BCUT2D eigenvalue weighted by Crippen LogP contribution is 2.05. The zero-order chi connectivity index (χ0) is 12.0. The molecule has 16 heavy (non-hydrogen) atoms. The second-order valence-electron chi connectivity index (χ2n) is 4.46. The van der Waals surface area contributed by atoms with E-state index in [1.807, 2.05) is 0 Å². The van der Waals surface area contributed by atoms with Gasteiger partial charge in [0.2, 0.25) is 5.91 Å². The Balaban J connectivity index is 2.31. The van der Waals surface area contributed by atoms with Crippen molar-refractivity contribution in [3.05, 3.63) is 10.4 Å². The van der Waals surface area contributed by atoms with Crippen molar-refractivity contribution in [2.75, 3.05) is 39.3 Å². The van der Waals surface area contributed by atoms with Crippen LogP contribution in [0.15, 0.2) is 5.11 Å². The summed E-state index contributed by atoms with van der Waals surface area (Å²) < 4.78 is 0. The Morgan fingerprint density at radius 1 is 1.38 bits per heavy atom. The van der Waals surface area contributed by atoms with E-state index >= 15 is 0 Å². The highest BCUT2D eigenvalue weighted by atomic mass is 16.2. The van der Waals surface area contributed by atoms with Crippen LogP contribution in [-0.2, 0) is 4.79 Å². The predicted molar refractivity (Wildman–Crippen MR) is 61.9 cm³/mol. The standard InChI is InChI=1S/C10H19N5O/c1-9(2)8-14-3-5-15(6-4-14)10(16)7-12-13-11/h9H,3-8H2,1-2H3. The molecule has 0 N–H and O–H groups in total. The topological polar surface area (TPSA) is 72.3 Å². The summed E-state index contributed by atoms with van der Waals surface area (Å²) in [6, 6.07) is 0. The first-order chi connectivity index (χ1) is 7.63.